The number of anilines is 2. The predicted molar refractivity (Wildman–Crippen MR) is 126 cm³/mol. The van der Waals surface area contributed by atoms with Crippen LogP contribution in [-0.4, -0.2) is 33.2 Å². The summed E-state index contributed by atoms with van der Waals surface area (Å²) in [7, 11) is 0. The van der Waals surface area contributed by atoms with E-state index in [1.807, 2.05) is 17.5 Å². The van der Waals surface area contributed by atoms with E-state index in [9.17, 15) is 14.0 Å². The van der Waals surface area contributed by atoms with Crippen molar-refractivity contribution in [2.45, 2.75) is 6.54 Å². The Hall–Kier alpha value is -4.11. The number of amides is 2. The highest BCUT2D eigenvalue weighted by atomic mass is 32.1. The van der Waals surface area contributed by atoms with Crippen LogP contribution in [0.3, 0.4) is 0 Å². The van der Waals surface area contributed by atoms with Gasteiger partial charge in [-0.15, -0.1) is 11.3 Å². The maximum absolute atomic E-state index is 13.3. The van der Waals surface area contributed by atoms with Gasteiger partial charge in [0.25, 0.3) is 5.91 Å². The Balaban J connectivity index is 1.47. The zero-order valence-electron chi connectivity index (χ0n) is 17.4. The van der Waals surface area contributed by atoms with Gasteiger partial charge < -0.3 is 16.0 Å². The first kappa shape index (κ1) is 22.1. The van der Waals surface area contributed by atoms with Crippen molar-refractivity contribution in [3.8, 4) is 11.3 Å². The van der Waals surface area contributed by atoms with Crippen LogP contribution in [0, 0.1) is 5.82 Å². The molecule has 0 aliphatic carbocycles. The number of halogens is 1. The topological polar surface area (TPSA) is 101 Å². The van der Waals surface area contributed by atoms with Gasteiger partial charge >= 0.3 is 0 Å². The summed E-state index contributed by atoms with van der Waals surface area (Å²) < 4.78 is 13.3. The van der Waals surface area contributed by atoms with Crippen molar-refractivity contribution in [3.63, 3.8) is 0 Å². The van der Waals surface area contributed by atoms with Gasteiger partial charge in [0.1, 0.15) is 12.4 Å². The highest BCUT2D eigenvalue weighted by Crippen LogP contribution is 2.24. The third kappa shape index (κ3) is 5.78. The lowest BCUT2D eigenvalue weighted by atomic mass is 10.1. The summed E-state index contributed by atoms with van der Waals surface area (Å²) in [4.78, 5) is 35.4. The second-order valence-corrected chi connectivity index (χ2v) is 8.11. The first-order chi connectivity index (χ1) is 16.0. The van der Waals surface area contributed by atoms with Crippen molar-refractivity contribution >= 4 is 34.0 Å². The van der Waals surface area contributed by atoms with Crippen LogP contribution in [0.25, 0.3) is 11.3 Å². The standard InChI is InChI=1S/C24H20FN5O2S/c25-19-5-1-18(2-6-19)23(32)30(13-16-9-11-27-12-10-16)14-22(31)28-20-7-3-17(4-8-20)21-15-33-24(26)29-21/h1-12,15H,13-14H2,(H2,26,29)(H,28,31). The number of carbonyl (C=O) groups is 2. The van der Waals surface area contributed by atoms with Gasteiger partial charge in [-0.05, 0) is 54.1 Å². The van der Waals surface area contributed by atoms with Crippen LogP contribution in [0.5, 0.6) is 0 Å². The van der Waals surface area contributed by atoms with Crippen LogP contribution >= 0.6 is 11.3 Å². The SMILES string of the molecule is Nc1nc(-c2ccc(NC(=O)CN(Cc3ccncc3)C(=O)c3ccc(F)cc3)cc2)cs1. The van der Waals surface area contributed by atoms with Crippen LogP contribution in [0.1, 0.15) is 15.9 Å². The number of rotatable bonds is 7. The van der Waals surface area contributed by atoms with Crippen molar-refractivity contribution in [2.75, 3.05) is 17.6 Å². The average molecular weight is 462 g/mol. The van der Waals surface area contributed by atoms with Crippen LogP contribution < -0.4 is 11.1 Å². The Labute approximate surface area is 193 Å². The van der Waals surface area contributed by atoms with Gasteiger partial charge in [0.05, 0.1) is 5.69 Å². The fraction of sp³-hybridized carbons (Fsp3) is 0.0833. The van der Waals surface area contributed by atoms with Crippen LogP contribution in [0.15, 0.2) is 78.4 Å². The molecule has 33 heavy (non-hydrogen) atoms. The van der Waals surface area contributed by atoms with E-state index in [0.29, 0.717) is 16.4 Å². The Morgan fingerprint density at radius 1 is 1.00 bits per heavy atom. The van der Waals surface area contributed by atoms with Crippen molar-refractivity contribution in [1.82, 2.24) is 14.9 Å². The maximum atomic E-state index is 13.3. The molecule has 0 unspecified atom stereocenters. The first-order valence-corrected chi connectivity index (χ1v) is 10.9. The third-order valence-electron chi connectivity index (χ3n) is 4.82. The molecule has 0 saturated carbocycles. The van der Waals surface area contributed by atoms with E-state index in [4.69, 9.17) is 5.73 Å². The predicted octanol–water partition coefficient (Wildman–Crippen LogP) is 4.21. The molecule has 4 aromatic rings. The van der Waals surface area contributed by atoms with Crippen molar-refractivity contribution in [1.29, 1.82) is 0 Å². The van der Waals surface area contributed by atoms with E-state index in [-0.39, 0.29) is 24.9 Å². The minimum absolute atomic E-state index is 0.178. The van der Waals surface area contributed by atoms with E-state index < -0.39 is 5.82 Å². The zero-order valence-corrected chi connectivity index (χ0v) is 18.3. The fourth-order valence-electron chi connectivity index (χ4n) is 3.20. The van der Waals surface area contributed by atoms with Gasteiger partial charge in [0.15, 0.2) is 5.13 Å². The minimum atomic E-state index is -0.436. The summed E-state index contributed by atoms with van der Waals surface area (Å²) >= 11 is 1.36. The van der Waals surface area contributed by atoms with E-state index in [1.165, 1.54) is 40.5 Å². The van der Waals surface area contributed by atoms with E-state index in [2.05, 4.69) is 15.3 Å². The molecule has 0 radical (unpaired) electrons. The molecule has 0 aliphatic heterocycles. The molecule has 4 rings (SSSR count). The van der Waals surface area contributed by atoms with Gasteiger partial charge in [0, 0.05) is 41.1 Å². The van der Waals surface area contributed by atoms with Gasteiger partial charge in [-0.25, -0.2) is 9.37 Å². The number of aromatic nitrogens is 2. The monoisotopic (exact) mass is 461 g/mol. The smallest absolute Gasteiger partial charge is 0.254 e. The van der Waals surface area contributed by atoms with Gasteiger partial charge in [0.2, 0.25) is 5.91 Å². The first-order valence-electron chi connectivity index (χ1n) is 10.0. The van der Waals surface area contributed by atoms with Gasteiger partial charge in [-0.1, -0.05) is 12.1 Å². The Bertz CT molecular complexity index is 1240. The van der Waals surface area contributed by atoms with Gasteiger partial charge in [-0.2, -0.15) is 0 Å². The third-order valence-corrected chi connectivity index (χ3v) is 5.50. The number of nitrogens with zero attached hydrogens (tertiary/aromatic N) is 3. The molecule has 0 fully saturated rings. The molecule has 7 nitrogen and oxygen atoms in total. The Morgan fingerprint density at radius 3 is 2.33 bits per heavy atom. The second-order valence-electron chi connectivity index (χ2n) is 7.22. The summed E-state index contributed by atoms with van der Waals surface area (Å²) in [6, 6.07) is 16.0. The number of hydrogen-bond donors (Lipinski definition) is 2. The summed E-state index contributed by atoms with van der Waals surface area (Å²) in [5.74, 6) is -1.17. The molecule has 0 saturated heterocycles. The molecule has 0 aliphatic rings. The molecule has 2 aromatic carbocycles. The Morgan fingerprint density at radius 2 is 1.70 bits per heavy atom. The lowest BCUT2D eigenvalue weighted by Crippen LogP contribution is -2.37. The summed E-state index contributed by atoms with van der Waals surface area (Å²) in [6.45, 7) is 0.0270. The summed E-state index contributed by atoms with van der Waals surface area (Å²) in [5.41, 5.74) is 9.04. The molecule has 0 spiro atoms. The number of benzene rings is 2. The van der Waals surface area contributed by atoms with Crippen LogP contribution in [0.2, 0.25) is 0 Å². The normalized spacial score (nSPS) is 10.6. The number of hydrogen-bond acceptors (Lipinski definition) is 6. The van der Waals surface area contributed by atoms with Crippen LogP contribution in [0.4, 0.5) is 15.2 Å². The number of thiazole rings is 1. The number of nitrogens with one attached hydrogen (secondary N) is 1. The molecule has 3 N–H and O–H groups in total. The van der Waals surface area contributed by atoms with E-state index in [0.717, 1.165) is 16.8 Å². The van der Waals surface area contributed by atoms with Crippen molar-refractivity contribution in [3.05, 3.63) is 95.4 Å². The molecule has 0 atom stereocenters. The molecular weight excluding hydrogens is 441 g/mol. The van der Waals surface area contributed by atoms with E-state index >= 15 is 0 Å². The largest absolute Gasteiger partial charge is 0.375 e. The average Bonchev–Trinajstić information content (AvgIpc) is 3.26. The zero-order chi connectivity index (χ0) is 23.2. The fourth-order valence-corrected chi connectivity index (χ4v) is 3.77. The highest BCUT2D eigenvalue weighted by Gasteiger charge is 2.20. The minimum Gasteiger partial charge on any atom is -0.375 e. The number of nitrogens with two attached hydrogens (primary N) is 1. The summed E-state index contributed by atoms with van der Waals surface area (Å²) in [6.07, 6.45) is 3.24. The quantitative estimate of drug-likeness (QED) is 0.429. The lowest BCUT2D eigenvalue weighted by molar-refractivity contribution is -0.117. The highest BCUT2D eigenvalue weighted by molar-refractivity contribution is 7.13. The molecule has 9 heteroatoms. The number of nitrogen functional groups attached to an aromatic ring is 1. The molecule has 2 heterocycles. The number of pyridine rings is 1. The molecule has 0 bridgehead atoms. The summed E-state index contributed by atoms with van der Waals surface area (Å²) in [5, 5.41) is 5.16. The molecular formula is C24H20FN5O2S. The van der Waals surface area contributed by atoms with E-state index in [1.54, 1.807) is 36.7 Å². The lowest BCUT2D eigenvalue weighted by Gasteiger charge is -2.22. The van der Waals surface area contributed by atoms with Crippen molar-refractivity contribution in [2.24, 2.45) is 0 Å². The van der Waals surface area contributed by atoms with Gasteiger partial charge in [-0.3, -0.25) is 14.6 Å². The second kappa shape index (κ2) is 10.0. The number of carbonyl (C=O) groups excluding carboxylic acids is 2. The van der Waals surface area contributed by atoms with Crippen molar-refractivity contribution < 1.29 is 14.0 Å². The molecule has 2 amide bonds. The van der Waals surface area contributed by atoms with Crippen LogP contribution in [-0.2, 0) is 11.3 Å². The maximum Gasteiger partial charge on any atom is 0.254 e. The molecule has 2 aromatic heterocycles. The molecule has 166 valence electrons. The Kier molecular flexibility index (Phi) is 6.70.